The molecule has 3 rings (SSSR count). The summed E-state index contributed by atoms with van der Waals surface area (Å²) < 4.78 is 0. The van der Waals surface area contributed by atoms with Gasteiger partial charge in [-0.25, -0.2) is 0 Å². The molecule has 0 unspecified atom stereocenters. The van der Waals surface area contributed by atoms with Crippen LogP contribution in [0.2, 0.25) is 0 Å². The Morgan fingerprint density at radius 1 is 1.31 bits per heavy atom. The Morgan fingerprint density at radius 3 is 2.50 bits per heavy atom. The summed E-state index contributed by atoms with van der Waals surface area (Å²) in [6.45, 7) is 10.4. The first-order chi connectivity index (χ1) is 12.4. The lowest BCUT2D eigenvalue weighted by molar-refractivity contribution is -0.149. The molecule has 26 heavy (non-hydrogen) atoms. The molecule has 1 aromatic carbocycles. The first-order valence-corrected chi connectivity index (χ1v) is 9.29. The van der Waals surface area contributed by atoms with Gasteiger partial charge in [-0.2, -0.15) is 0 Å². The summed E-state index contributed by atoms with van der Waals surface area (Å²) in [6, 6.07) is 8.53. The van der Waals surface area contributed by atoms with Gasteiger partial charge >= 0.3 is 5.97 Å². The van der Waals surface area contributed by atoms with Crippen molar-refractivity contribution >= 4 is 11.9 Å². The van der Waals surface area contributed by atoms with Crippen LogP contribution in [-0.2, 0) is 22.6 Å². The average Bonchev–Trinajstić information content (AvgIpc) is 3.05. The van der Waals surface area contributed by atoms with Crippen LogP contribution in [0.4, 0.5) is 0 Å². The molecule has 0 aromatic heterocycles. The van der Waals surface area contributed by atoms with Gasteiger partial charge in [0.25, 0.3) is 0 Å². The number of carboxylic acids is 1. The van der Waals surface area contributed by atoms with Crippen LogP contribution < -0.4 is 0 Å². The van der Waals surface area contributed by atoms with E-state index in [2.05, 4.69) is 49.6 Å². The van der Waals surface area contributed by atoms with Crippen LogP contribution in [0, 0.1) is 17.3 Å². The van der Waals surface area contributed by atoms with Crippen LogP contribution in [0.1, 0.15) is 25.0 Å². The standard InChI is InChI=1S/C21H28N2O3/c1-4-9-23-14-21(20(25)26)13-22(12-18(21)19(23)24)11-17-7-5-16(6-8-17)10-15(2)3/h4-8,15,18H,1,9-14H2,2-3H3,(H,25,26)/t18-,21-/m0/s1. The van der Waals surface area contributed by atoms with Gasteiger partial charge < -0.3 is 10.0 Å². The Hall–Kier alpha value is -2.14. The van der Waals surface area contributed by atoms with Gasteiger partial charge in [0.05, 0.1) is 5.92 Å². The lowest BCUT2D eigenvalue weighted by Gasteiger charge is -2.24. The Kier molecular flexibility index (Phi) is 5.19. The van der Waals surface area contributed by atoms with Crippen molar-refractivity contribution in [3.05, 3.63) is 48.0 Å². The third-order valence-corrected chi connectivity index (χ3v) is 5.54. The van der Waals surface area contributed by atoms with Gasteiger partial charge in [-0.1, -0.05) is 44.2 Å². The molecule has 0 radical (unpaired) electrons. The number of hydrogen-bond acceptors (Lipinski definition) is 3. The van der Waals surface area contributed by atoms with E-state index in [1.165, 1.54) is 5.56 Å². The summed E-state index contributed by atoms with van der Waals surface area (Å²) >= 11 is 0. The first kappa shape index (κ1) is 18.6. The van der Waals surface area contributed by atoms with Gasteiger partial charge in [-0.15, -0.1) is 6.58 Å². The number of rotatable bonds is 7. The zero-order chi connectivity index (χ0) is 18.9. The van der Waals surface area contributed by atoms with E-state index in [0.717, 1.165) is 12.0 Å². The molecule has 0 bridgehead atoms. The van der Waals surface area contributed by atoms with Crippen molar-refractivity contribution in [1.82, 2.24) is 9.80 Å². The van der Waals surface area contributed by atoms with E-state index >= 15 is 0 Å². The summed E-state index contributed by atoms with van der Waals surface area (Å²) in [7, 11) is 0. The number of carbonyl (C=O) groups excluding carboxylic acids is 1. The fourth-order valence-electron chi connectivity index (χ4n) is 4.35. The predicted molar refractivity (Wildman–Crippen MR) is 101 cm³/mol. The third kappa shape index (κ3) is 3.40. The van der Waals surface area contributed by atoms with E-state index in [-0.39, 0.29) is 12.5 Å². The number of aliphatic carboxylic acids is 1. The number of benzene rings is 1. The Bertz CT molecular complexity index is 698. The molecule has 0 saturated carbocycles. The molecule has 5 nitrogen and oxygen atoms in total. The SMILES string of the molecule is C=CCN1C[C@@]2(C(=O)O)CN(Cc3ccc(CC(C)C)cc3)C[C@H]2C1=O. The van der Waals surface area contributed by atoms with Crippen LogP contribution in [0.25, 0.3) is 0 Å². The van der Waals surface area contributed by atoms with Gasteiger partial charge in [0, 0.05) is 32.7 Å². The monoisotopic (exact) mass is 356 g/mol. The van der Waals surface area contributed by atoms with Crippen LogP contribution in [-0.4, -0.2) is 53.0 Å². The molecular formula is C21H28N2O3. The number of fused-ring (bicyclic) bond motifs is 1. The number of nitrogens with zero attached hydrogens (tertiary/aromatic N) is 2. The minimum absolute atomic E-state index is 0.0536. The molecule has 2 atom stereocenters. The summed E-state index contributed by atoms with van der Waals surface area (Å²) in [5.74, 6) is -0.752. The summed E-state index contributed by atoms with van der Waals surface area (Å²) in [4.78, 5) is 28.4. The molecule has 2 heterocycles. The number of hydrogen-bond donors (Lipinski definition) is 1. The molecular weight excluding hydrogens is 328 g/mol. The summed E-state index contributed by atoms with van der Waals surface area (Å²) in [5.41, 5.74) is 1.49. The highest BCUT2D eigenvalue weighted by atomic mass is 16.4. The normalized spacial score (nSPS) is 25.7. The van der Waals surface area contributed by atoms with E-state index in [1.54, 1.807) is 11.0 Å². The van der Waals surface area contributed by atoms with E-state index < -0.39 is 17.3 Å². The van der Waals surface area contributed by atoms with Gasteiger partial charge in [0.15, 0.2) is 0 Å². The maximum Gasteiger partial charge on any atom is 0.313 e. The number of likely N-dealkylation sites (tertiary alicyclic amines) is 2. The second-order valence-electron chi connectivity index (χ2n) is 8.11. The second-order valence-corrected chi connectivity index (χ2v) is 8.11. The molecule has 140 valence electrons. The lowest BCUT2D eigenvalue weighted by atomic mass is 9.81. The molecule has 2 fully saturated rings. The van der Waals surface area contributed by atoms with Crippen LogP contribution >= 0.6 is 0 Å². The molecule has 5 heteroatoms. The molecule has 1 N–H and O–H groups in total. The summed E-state index contributed by atoms with van der Waals surface area (Å²) in [5, 5.41) is 9.85. The number of carbonyl (C=O) groups is 2. The molecule has 2 saturated heterocycles. The topological polar surface area (TPSA) is 60.9 Å². The van der Waals surface area contributed by atoms with Crippen molar-refractivity contribution in [1.29, 1.82) is 0 Å². The van der Waals surface area contributed by atoms with E-state index in [0.29, 0.717) is 32.1 Å². The second kappa shape index (κ2) is 7.23. The lowest BCUT2D eigenvalue weighted by Crippen LogP contribution is -2.40. The van der Waals surface area contributed by atoms with E-state index in [9.17, 15) is 14.7 Å². The maximum absolute atomic E-state index is 12.6. The van der Waals surface area contributed by atoms with E-state index in [4.69, 9.17) is 0 Å². The van der Waals surface area contributed by atoms with Crippen LogP contribution in [0.5, 0.6) is 0 Å². The van der Waals surface area contributed by atoms with Crippen molar-refractivity contribution in [2.24, 2.45) is 17.3 Å². The number of carboxylic acid groups (broad SMARTS) is 1. The molecule has 0 aliphatic carbocycles. The largest absolute Gasteiger partial charge is 0.481 e. The minimum Gasteiger partial charge on any atom is -0.481 e. The smallest absolute Gasteiger partial charge is 0.313 e. The van der Waals surface area contributed by atoms with Gasteiger partial charge in [-0.3, -0.25) is 14.5 Å². The highest BCUT2D eigenvalue weighted by molar-refractivity contribution is 5.92. The Morgan fingerprint density at radius 2 is 1.96 bits per heavy atom. The fourth-order valence-corrected chi connectivity index (χ4v) is 4.35. The van der Waals surface area contributed by atoms with Crippen molar-refractivity contribution in [3.8, 4) is 0 Å². The zero-order valence-electron chi connectivity index (χ0n) is 15.6. The number of amides is 1. The average molecular weight is 356 g/mol. The molecule has 1 amide bonds. The van der Waals surface area contributed by atoms with Gasteiger partial charge in [-0.05, 0) is 23.5 Å². The fraction of sp³-hybridized carbons (Fsp3) is 0.524. The molecule has 2 aliphatic rings. The summed E-state index contributed by atoms with van der Waals surface area (Å²) in [6.07, 6.45) is 2.72. The first-order valence-electron chi connectivity index (χ1n) is 9.29. The molecule has 1 aromatic rings. The van der Waals surface area contributed by atoms with Gasteiger partial charge in [0.1, 0.15) is 5.41 Å². The van der Waals surface area contributed by atoms with Crippen LogP contribution in [0.3, 0.4) is 0 Å². The molecule has 0 spiro atoms. The maximum atomic E-state index is 12.6. The van der Waals surface area contributed by atoms with Gasteiger partial charge in [0.2, 0.25) is 5.91 Å². The van der Waals surface area contributed by atoms with Crippen molar-refractivity contribution in [2.45, 2.75) is 26.8 Å². The van der Waals surface area contributed by atoms with E-state index in [1.807, 2.05) is 0 Å². The van der Waals surface area contributed by atoms with Crippen LogP contribution in [0.15, 0.2) is 36.9 Å². The predicted octanol–water partition coefficient (Wildman–Crippen LogP) is 2.42. The zero-order valence-corrected chi connectivity index (χ0v) is 15.6. The highest BCUT2D eigenvalue weighted by Crippen LogP contribution is 2.44. The third-order valence-electron chi connectivity index (χ3n) is 5.54. The quantitative estimate of drug-likeness (QED) is 0.762. The minimum atomic E-state index is -0.988. The Balaban J connectivity index is 1.70. The highest BCUT2D eigenvalue weighted by Gasteiger charge is 2.61. The molecule has 2 aliphatic heterocycles. The Labute approximate surface area is 155 Å². The van der Waals surface area contributed by atoms with Crippen molar-refractivity contribution in [3.63, 3.8) is 0 Å². The van der Waals surface area contributed by atoms with Crippen molar-refractivity contribution in [2.75, 3.05) is 26.2 Å². The van der Waals surface area contributed by atoms with Crippen molar-refractivity contribution < 1.29 is 14.7 Å².